The van der Waals surface area contributed by atoms with E-state index in [1.54, 1.807) is 10.9 Å². The van der Waals surface area contributed by atoms with Crippen LogP contribution in [-0.2, 0) is 13.2 Å². The van der Waals surface area contributed by atoms with E-state index in [0.29, 0.717) is 6.54 Å². The van der Waals surface area contributed by atoms with E-state index in [2.05, 4.69) is 20.3 Å². The van der Waals surface area contributed by atoms with Gasteiger partial charge in [-0.1, -0.05) is 11.3 Å². The molecule has 1 N–H and O–H groups in total. The zero-order valence-electron chi connectivity index (χ0n) is 14.6. The molecule has 0 aromatic carbocycles. The average Bonchev–Trinajstić information content (AvgIpc) is 3.27. The molecule has 132 valence electrons. The highest BCUT2D eigenvalue weighted by Gasteiger charge is 2.09. The molecule has 0 spiro atoms. The molecule has 0 aliphatic rings. The van der Waals surface area contributed by atoms with E-state index in [9.17, 15) is 5.11 Å². The van der Waals surface area contributed by atoms with Gasteiger partial charge in [0.1, 0.15) is 11.3 Å². The number of aliphatic hydroxyl groups excluding tert-OH is 1. The van der Waals surface area contributed by atoms with Crippen molar-refractivity contribution in [3.8, 4) is 11.3 Å². The van der Waals surface area contributed by atoms with Gasteiger partial charge in [-0.25, -0.2) is 9.67 Å². The lowest BCUT2D eigenvalue weighted by molar-refractivity contribution is 0.281. The molecular formula is C18H19N7O. The quantitative estimate of drug-likeness (QED) is 0.589. The molecule has 0 saturated heterocycles. The largest absolute Gasteiger partial charge is 0.392 e. The third-order valence-corrected chi connectivity index (χ3v) is 4.14. The first-order valence-corrected chi connectivity index (χ1v) is 8.22. The van der Waals surface area contributed by atoms with Gasteiger partial charge >= 0.3 is 0 Å². The molecule has 0 amide bonds. The van der Waals surface area contributed by atoms with Gasteiger partial charge < -0.3 is 14.4 Å². The number of nitrogens with zero attached hydrogens (tertiary/aromatic N) is 7. The molecule has 4 rings (SSSR count). The third kappa shape index (κ3) is 3.14. The van der Waals surface area contributed by atoms with Crippen molar-refractivity contribution >= 4 is 11.3 Å². The molecule has 4 aromatic heterocycles. The maximum absolute atomic E-state index is 9.24. The number of pyridine rings is 2. The molecule has 8 heteroatoms. The first kappa shape index (κ1) is 16.2. The Balaban J connectivity index is 1.58. The second kappa shape index (κ2) is 6.57. The number of fused-ring (bicyclic) bond motifs is 1. The Morgan fingerprint density at radius 2 is 2.00 bits per heavy atom. The Bertz CT molecular complexity index is 1050. The summed E-state index contributed by atoms with van der Waals surface area (Å²) in [6.07, 6.45) is 9.29. The number of anilines is 1. The van der Waals surface area contributed by atoms with Crippen molar-refractivity contribution < 1.29 is 5.11 Å². The van der Waals surface area contributed by atoms with E-state index in [1.807, 2.05) is 66.4 Å². The van der Waals surface area contributed by atoms with Crippen molar-refractivity contribution in [2.75, 3.05) is 19.0 Å². The van der Waals surface area contributed by atoms with Gasteiger partial charge in [0, 0.05) is 38.2 Å². The summed E-state index contributed by atoms with van der Waals surface area (Å²) in [6.45, 7) is 0.528. The lowest BCUT2D eigenvalue weighted by Gasteiger charge is -2.11. The van der Waals surface area contributed by atoms with E-state index in [1.165, 1.54) is 0 Å². The minimum absolute atomic E-state index is 0.00986. The molecule has 0 radical (unpaired) electrons. The van der Waals surface area contributed by atoms with E-state index >= 15 is 0 Å². The van der Waals surface area contributed by atoms with Crippen molar-refractivity contribution in [1.29, 1.82) is 0 Å². The highest BCUT2D eigenvalue weighted by Crippen LogP contribution is 2.20. The molecule has 0 bridgehead atoms. The first-order valence-electron chi connectivity index (χ1n) is 8.22. The van der Waals surface area contributed by atoms with E-state index in [-0.39, 0.29) is 6.61 Å². The fraction of sp³-hybridized carbons (Fsp3) is 0.222. The fourth-order valence-corrected chi connectivity index (χ4v) is 2.75. The molecule has 0 unspecified atom stereocenters. The van der Waals surface area contributed by atoms with Crippen LogP contribution in [0.5, 0.6) is 0 Å². The molecule has 26 heavy (non-hydrogen) atoms. The SMILES string of the molecule is CN(C)c1cncc(-c2cn(Cc3cn4cc(CO)ccc4n3)nn2)c1. The summed E-state index contributed by atoms with van der Waals surface area (Å²) >= 11 is 0. The van der Waals surface area contributed by atoms with Gasteiger partial charge in [0.05, 0.1) is 36.9 Å². The molecule has 0 aliphatic carbocycles. The summed E-state index contributed by atoms with van der Waals surface area (Å²) in [5, 5.41) is 17.7. The Labute approximate surface area is 150 Å². The number of rotatable bonds is 5. The topological polar surface area (TPSA) is 84.4 Å². The number of hydrogen-bond acceptors (Lipinski definition) is 6. The second-order valence-corrected chi connectivity index (χ2v) is 6.32. The summed E-state index contributed by atoms with van der Waals surface area (Å²) in [5.41, 5.74) is 5.25. The van der Waals surface area contributed by atoms with Crippen LogP contribution in [0.3, 0.4) is 0 Å². The lowest BCUT2D eigenvalue weighted by atomic mass is 10.2. The third-order valence-electron chi connectivity index (χ3n) is 4.14. The van der Waals surface area contributed by atoms with E-state index < -0.39 is 0 Å². The molecule has 8 nitrogen and oxygen atoms in total. The minimum Gasteiger partial charge on any atom is -0.392 e. The fourth-order valence-electron chi connectivity index (χ4n) is 2.75. The second-order valence-electron chi connectivity index (χ2n) is 6.32. The molecular weight excluding hydrogens is 330 g/mol. The van der Waals surface area contributed by atoms with Crippen LogP contribution in [0.2, 0.25) is 0 Å². The Morgan fingerprint density at radius 3 is 2.81 bits per heavy atom. The number of aromatic nitrogens is 6. The highest BCUT2D eigenvalue weighted by molar-refractivity contribution is 5.62. The van der Waals surface area contributed by atoms with Crippen LogP contribution in [0.15, 0.2) is 49.2 Å². The molecule has 4 heterocycles. The van der Waals surface area contributed by atoms with Crippen LogP contribution in [0, 0.1) is 0 Å². The number of imidazole rings is 1. The maximum Gasteiger partial charge on any atom is 0.137 e. The van der Waals surface area contributed by atoms with Crippen molar-refractivity contribution in [2.24, 2.45) is 0 Å². The van der Waals surface area contributed by atoms with Crippen LogP contribution in [0.4, 0.5) is 5.69 Å². The maximum atomic E-state index is 9.24. The predicted molar refractivity (Wildman–Crippen MR) is 97.8 cm³/mol. The Hall–Kier alpha value is -3.26. The smallest absolute Gasteiger partial charge is 0.137 e. The number of hydrogen-bond donors (Lipinski definition) is 1. The van der Waals surface area contributed by atoms with Crippen LogP contribution in [0.1, 0.15) is 11.3 Å². The van der Waals surface area contributed by atoms with Crippen LogP contribution < -0.4 is 4.90 Å². The van der Waals surface area contributed by atoms with Gasteiger partial charge in [0.2, 0.25) is 0 Å². The van der Waals surface area contributed by atoms with Gasteiger partial charge in [0.15, 0.2) is 0 Å². The summed E-state index contributed by atoms with van der Waals surface area (Å²) in [4.78, 5) is 10.8. The van der Waals surface area contributed by atoms with Gasteiger partial charge in [0.25, 0.3) is 0 Å². The monoisotopic (exact) mass is 349 g/mol. The average molecular weight is 349 g/mol. The molecule has 0 aliphatic heterocycles. The molecule has 4 aromatic rings. The van der Waals surface area contributed by atoms with Crippen LogP contribution in [-0.4, -0.2) is 48.6 Å². The van der Waals surface area contributed by atoms with Crippen molar-refractivity contribution in [3.63, 3.8) is 0 Å². The zero-order valence-corrected chi connectivity index (χ0v) is 14.6. The Morgan fingerprint density at radius 1 is 1.12 bits per heavy atom. The summed E-state index contributed by atoms with van der Waals surface area (Å²) in [5.74, 6) is 0. The predicted octanol–water partition coefficient (Wildman–Crippen LogP) is 1.59. The normalized spacial score (nSPS) is 11.2. The van der Waals surface area contributed by atoms with E-state index in [4.69, 9.17) is 0 Å². The van der Waals surface area contributed by atoms with E-state index in [0.717, 1.165) is 33.8 Å². The summed E-state index contributed by atoms with van der Waals surface area (Å²) in [6, 6.07) is 5.79. The van der Waals surface area contributed by atoms with Gasteiger partial charge in [-0.15, -0.1) is 5.10 Å². The van der Waals surface area contributed by atoms with Gasteiger partial charge in [-0.3, -0.25) is 4.98 Å². The van der Waals surface area contributed by atoms with Gasteiger partial charge in [-0.05, 0) is 17.7 Å². The Kier molecular flexibility index (Phi) is 4.10. The standard InChI is InChI=1S/C18H19N7O/c1-23(2)16-5-14(6-19-7-16)17-11-25(22-21-17)10-15-9-24-8-13(12-26)3-4-18(24)20-15/h3-9,11,26H,10,12H2,1-2H3. The molecule has 0 atom stereocenters. The van der Waals surface area contributed by atoms with Crippen molar-refractivity contribution in [3.05, 3.63) is 60.4 Å². The zero-order chi connectivity index (χ0) is 18.1. The van der Waals surface area contributed by atoms with Crippen molar-refractivity contribution in [2.45, 2.75) is 13.2 Å². The van der Waals surface area contributed by atoms with Gasteiger partial charge in [-0.2, -0.15) is 0 Å². The highest BCUT2D eigenvalue weighted by atomic mass is 16.3. The van der Waals surface area contributed by atoms with Crippen LogP contribution in [0.25, 0.3) is 16.9 Å². The number of aliphatic hydroxyl groups is 1. The molecule has 0 fully saturated rings. The van der Waals surface area contributed by atoms with Crippen LogP contribution >= 0.6 is 0 Å². The first-order chi connectivity index (χ1) is 12.6. The minimum atomic E-state index is 0.00986. The van der Waals surface area contributed by atoms with Crippen molar-refractivity contribution in [1.82, 2.24) is 29.4 Å². The summed E-state index contributed by atoms with van der Waals surface area (Å²) < 4.78 is 3.66. The summed E-state index contributed by atoms with van der Waals surface area (Å²) in [7, 11) is 3.95. The lowest BCUT2D eigenvalue weighted by Crippen LogP contribution is -2.08. The molecule has 0 saturated carbocycles.